The lowest BCUT2D eigenvalue weighted by atomic mass is 10.00. The highest BCUT2D eigenvalue weighted by Gasteiger charge is 2.30. The van der Waals surface area contributed by atoms with Gasteiger partial charge in [0.15, 0.2) is 5.82 Å². The van der Waals surface area contributed by atoms with Gasteiger partial charge in [0.2, 0.25) is 0 Å². The summed E-state index contributed by atoms with van der Waals surface area (Å²) in [6, 6.07) is 14.8. The van der Waals surface area contributed by atoms with Crippen LogP contribution >= 0.6 is 0 Å². The van der Waals surface area contributed by atoms with Gasteiger partial charge in [-0.15, -0.1) is 0 Å². The van der Waals surface area contributed by atoms with E-state index in [2.05, 4.69) is 15.0 Å². The maximum Gasteiger partial charge on any atom is 0.416 e. The van der Waals surface area contributed by atoms with Gasteiger partial charge in [0, 0.05) is 35.3 Å². The number of aromatic hydroxyl groups is 1. The van der Waals surface area contributed by atoms with E-state index in [1.165, 1.54) is 24.3 Å². The predicted molar refractivity (Wildman–Crippen MR) is 103 cm³/mol. The van der Waals surface area contributed by atoms with Gasteiger partial charge < -0.3 is 5.11 Å². The Bertz CT molecular complexity index is 1130. The van der Waals surface area contributed by atoms with Crippen molar-refractivity contribution >= 4 is 0 Å². The first-order valence-corrected chi connectivity index (χ1v) is 8.66. The Morgan fingerprint density at radius 3 is 1.97 bits per heavy atom. The molecule has 0 atom stereocenters. The van der Waals surface area contributed by atoms with E-state index in [4.69, 9.17) is 0 Å². The molecule has 1 N–H and O–H groups in total. The quantitative estimate of drug-likeness (QED) is 0.492. The van der Waals surface area contributed by atoms with Crippen molar-refractivity contribution in [3.05, 3.63) is 84.8 Å². The molecule has 0 unspecified atom stereocenters. The van der Waals surface area contributed by atoms with E-state index in [-0.39, 0.29) is 5.75 Å². The lowest BCUT2D eigenvalue weighted by molar-refractivity contribution is -0.137. The highest BCUT2D eigenvalue weighted by Crippen LogP contribution is 2.34. The molecule has 0 spiro atoms. The van der Waals surface area contributed by atoms with E-state index in [1.54, 1.807) is 42.9 Å². The molecular formula is C22H14F3N3O. The van der Waals surface area contributed by atoms with Gasteiger partial charge >= 0.3 is 6.18 Å². The van der Waals surface area contributed by atoms with Crippen molar-refractivity contribution in [2.75, 3.05) is 0 Å². The molecule has 144 valence electrons. The molecule has 0 fully saturated rings. The normalized spacial score (nSPS) is 11.4. The summed E-state index contributed by atoms with van der Waals surface area (Å²) in [5, 5.41) is 9.48. The second kappa shape index (κ2) is 7.35. The molecule has 4 rings (SSSR count). The number of halogens is 3. The number of benzene rings is 2. The number of nitrogens with zero attached hydrogens (tertiary/aromatic N) is 3. The summed E-state index contributed by atoms with van der Waals surface area (Å²) in [5.74, 6) is 0.517. The molecule has 0 saturated heterocycles. The van der Waals surface area contributed by atoms with E-state index < -0.39 is 11.7 Å². The molecule has 0 bridgehead atoms. The Hall–Kier alpha value is -3.74. The fraction of sp³-hybridized carbons (Fsp3) is 0.0455. The number of aromatic nitrogens is 3. The van der Waals surface area contributed by atoms with E-state index >= 15 is 0 Å². The van der Waals surface area contributed by atoms with Crippen LogP contribution in [0, 0.1) is 0 Å². The average Bonchev–Trinajstić information content (AvgIpc) is 2.74. The molecular weight excluding hydrogens is 379 g/mol. The summed E-state index contributed by atoms with van der Waals surface area (Å²) in [5.41, 5.74) is 2.47. The van der Waals surface area contributed by atoms with Crippen LogP contribution in [-0.2, 0) is 6.18 Å². The van der Waals surface area contributed by atoms with Gasteiger partial charge in [-0.25, -0.2) is 9.97 Å². The Labute approximate surface area is 164 Å². The van der Waals surface area contributed by atoms with Crippen LogP contribution in [0.5, 0.6) is 5.75 Å². The highest BCUT2D eigenvalue weighted by atomic mass is 19.4. The molecule has 2 aromatic carbocycles. The van der Waals surface area contributed by atoms with Crippen molar-refractivity contribution in [1.82, 2.24) is 15.0 Å². The van der Waals surface area contributed by atoms with E-state index in [0.717, 1.165) is 17.7 Å². The third-order valence-corrected chi connectivity index (χ3v) is 4.39. The summed E-state index contributed by atoms with van der Waals surface area (Å²) >= 11 is 0. The second-order valence-electron chi connectivity index (χ2n) is 6.31. The van der Waals surface area contributed by atoms with E-state index in [1.807, 2.05) is 0 Å². The number of hydrogen-bond acceptors (Lipinski definition) is 4. The Morgan fingerprint density at radius 2 is 1.34 bits per heavy atom. The number of alkyl halides is 3. The Balaban J connectivity index is 1.86. The summed E-state index contributed by atoms with van der Waals surface area (Å²) in [6.45, 7) is 0. The molecule has 0 radical (unpaired) electrons. The van der Waals surface area contributed by atoms with Crippen molar-refractivity contribution in [3.63, 3.8) is 0 Å². The van der Waals surface area contributed by atoms with Gasteiger partial charge in [0.1, 0.15) is 5.75 Å². The zero-order chi connectivity index (χ0) is 20.4. The van der Waals surface area contributed by atoms with Crippen LogP contribution < -0.4 is 0 Å². The summed E-state index contributed by atoms with van der Waals surface area (Å²) in [6.07, 6.45) is 0.479. The Morgan fingerprint density at radius 1 is 0.724 bits per heavy atom. The summed E-state index contributed by atoms with van der Waals surface area (Å²) in [4.78, 5) is 13.0. The monoisotopic (exact) mass is 393 g/mol. The molecule has 0 aliphatic heterocycles. The van der Waals surface area contributed by atoms with Crippen molar-refractivity contribution < 1.29 is 18.3 Å². The fourth-order valence-electron chi connectivity index (χ4n) is 2.91. The largest absolute Gasteiger partial charge is 0.508 e. The van der Waals surface area contributed by atoms with Gasteiger partial charge in [-0.3, -0.25) is 4.98 Å². The van der Waals surface area contributed by atoms with Crippen LogP contribution in [0.2, 0.25) is 0 Å². The third-order valence-electron chi connectivity index (χ3n) is 4.39. The van der Waals surface area contributed by atoms with Crippen LogP contribution in [0.1, 0.15) is 5.56 Å². The van der Waals surface area contributed by atoms with Crippen molar-refractivity contribution in [2.45, 2.75) is 6.18 Å². The van der Waals surface area contributed by atoms with Crippen molar-refractivity contribution in [1.29, 1.82) is 0 Å². The molecule has 0 aliphatic rings. The van der Waals surface area contributed by atoms with Gasteiger partial charge in [0.25, 0.3) is 0 Å². The summed E-state index contributed by atoms with van der Waals surface area (Å²) in [7, 11) is 0. The molecule has 29 heavy (non-hydrogen) atoms. The summed E-state index contributed by atoms with van der Waals surface area (Å²) < 4.78 is 38.8. The molecule has 2 aromatic heterocycles. The zero-order valence-corrected chi connectivity index (χ0v) is 14.9. The lowest BCUT2D eigenvalue weighted by Crippen LogP contribution is -2.04. The molecule has 0 saturated carbocycles. The fourth-order valence-corrected chi connectivity index (χ4v) is 2.91. The highest BCUT2D eigenvalue weighted by molar-refractivity contribution is 5.81. The van der Waals surface area contributed by atoms with Crippen LogP contribution in [-0.4, -0.2) is 20.1 Å². The van der Waals surface area contributed by atoms with Crippen molar-refractivity contribution in [2.24, 2.45) is 0 Å². The first-order valence-electron chi connectivity index (χ1n) is 8.66. The average molecular weight is 393 g/mol. The smallest absolute Gasteiger partial charge is 0.416 e. The minimum absolute atomic E-state index is 0.116. The minimum atomic E-state index is -4.41. The third kappa shape index (κ3) is 3.94. The number of pyridine rings is 1. The molecule has 4 nitrogen and oxygen atoms in total. The number of rotatable bonds is 3. The molecule has 2 heterocycles. The van der Waals surface area contributed by atoms with Crippen LogP contribution in [0.4, 0.5) is 13.2 Å². The first kappa shape index (κ1) is 18.6. The van der Waals surface area contributed by atoms with Gasteiger partial charge in [-0.1, -0.05) is 12.1 Å². The van der Waals surface area contributed by atoms with Gasteiger partial charge in [-0.2, -0.15) is 13.2 Å². The topological polar surface area (TPSA) is 58.9 Å². The van der Waals surface area contributed by atoms with Crippen molar-refractivity contribution in [3.8, 4) is 39.5 Å². The standard InChI is InChI=1S/C22H14F3N3O/c23-22(24,25)17-5-1-15(2-6-17)20-19(14-9-11-26-12-10-14)13-27-21(28-20)16-3-7-18(29)8-4-16/h1-13,29H. The van der Waals surface area contributed by atoms with Crippen LogP contribution in [0.3, 0.4) is 0 Å². The predicted octanol–water partition coefficient (Wildman–Crippen LogP) is 5.60. The minimum Gasteiger partial charge on any atom is -0.508 e. The number of hydrogen-bond donors (Lipinski definition) is 1. The van der Waals surface area contributed by atoms with E-state index in [9.17, 15) is 18.3 Å². The lowest BCUT2D eigenvalue weighted by Gasteiger charge is -2.12. The molecule has 0 amide bonds. The zero-order valence-electron chi connectivity index (χ0n) is 14.9. The maximum absolute atomic E-state index is 12.9. The van der Waals surface area contributed by atoms with Crippen LogP contribution in [0.25, 0.3) is 33.8 Å². The van der Waals surface area contributed by atoms with Gasteiger partial charge in [0.05, 0.1) is 11.3 Å². The van der Waals surface area contributed by atoms with E-state index in [0.29, 0.717) is 28.2 Å². The molecule has 7 heteroatoms. The SMILES string of the molecule is Oc1ccc(-c2ncc(-c3ccncc3)c(-c3ccc(C(F)(F)F)cc3)n2)cc1. The molecule has 4 aromatic rings. The number of phenols is 1. The second-order valence-corrected chi connectivity index (χ2v) is 6.31. The van der Waals surface area contributed by atoms with Crippen LogP contribution in [0.15, 0.2) is 79.3 Å². The Kier molecular flexibility index (Phi) is 4.72. The first-order chi connectivity index (χ1) is 13.9. The number of phenolic OH excluding ortho intramolecular Hbond substituents is 1. The molecule has 0 aliphatic carbocycles. The maximum atomic E-state index is 12.9. The van der Waals surface area contributed by atoms with Gasteiger partial charge in [-0.05, 0) is 54.1 Å².